The highest BCUT2D eigenvalue weighted by Gasteiger charge is 2.34. The van der Waals surface area contributed by atoms with Crippen LogP contribution in [0.2, 0.25) is 0 Å². The Hall–Kier alpha value is -3.34. The number of ether oxygens (including phenoxy) is 2. The molecule has 1 aliphatic heterocycles. The summed E-state index contributed by atoms with van der Waals surface area (Å²) >= 11 is 0. The van der Waals surface area contributed by atoms with E-state index < -0.39 is 26.7 Å². The van der Waals surface area contributed by atoms with E-state index in [1.54, 1.807) is 18.2 Å². The molecule has 0 bridgehead atoms. The van der Waals surface area contributed by atoms with Crippen LogP contribution in [0.5, 0.6) is 11.6 Å². The van der Waals surface area contributed by atoms with Crippen molar-refractivity contribution in [1.29, 1.82) is 0 Å². The normalized spacial score (nSPS) is 14.0. The van der Waals surface area contributed by atoms with Gasteiger partial charge in [-0.25, -0.2) is 13.4 Å². The lowest BCUT2D eigenvalue weighted by Gasteiger charge is -2.31. The van der Waals surface area contributed by atoms with E-state index in [1.165, 1.54) is 19.5 Å². The Labute approximate surface area is 176 Å². The number of nitrogens with zero attached hydrogens (tertiary/aromatic N) is 3. The minimum atomic E-state index is -4.66. The highest BCUT2D eigenvalue weighted by Crippen LogP contribution is 2.39. The van der Waals surface area contributed by atoms with Crippen molar-refractivity contribution in [3.05, 3.63) is 60.4 Å². The SMILES string of the molecule is COc1cncc(-c2ccc3c(c2)N(S(=O)(=O)c2cccc(C(F)(F)F)c2)CCO3)n1. The Morgan fingerprint density at radius 2 is 1.94 bits per heavy atom. The number of hydrogen-bond donors (Lipinski definition) is 0. The van der Waals surface area contributed by atoms with Gasteiger partial charge in [0.1, 0.15) is 12.4 Å². The number of rotatable bonds is 4. The number of aromatic nitrogens is 2. The third kappa shape index (κ3) is 4.00. The maximum absolute atomic E-state index is 13.2. The third-order valence-corrected chi connectivity index (χ3v) is 6.46. The zero-order valence-electron chi connectivity index (χ0n) is 16.1. The molecular weight excluding hydrogens is 435 g/mol. The molecule has 2 aromatic carbocycles. The summed E-state index contributed by atoms with van der Waals surface area (Å²) in [6.45, 7) is 0.00231. The molecule has 1 aromatic heterocycles. The van der Waals surface area contributed by atoms with Gasteiger partial charge in [-0.1, -0.05) is 6.07 Å². The van der Waals surface area contributed by atoms with Crippen LogP contribution in [0.15, 0.2) is 59.8 Å². The van der Waals surface area contributed by atoms with E-state index in [2.05, 4.69) is 9.97 Å². The van der Waals surface area contributed by atoms with Crippen LogP contribution in [0.3, 0.4) is 0 Å². The van der Waals surface area contributed by atoms with E-state index in [4.69, 9.17) is 9.47 Å². The first-order chi connectivity index (χ1) is 14.7. The van der Waals surface area contributed by atoms with Crippen LogP contribution in [0, 0.1) is 0 Å². The zero-order chi connectivity index (χ0) is 22.2. The van der Waals surface area contributed by atoms with Crippen molar-refractivity contribution in [3.8, 4) is 22.9 Å². The number of sulfonamides is 1. The summed E-state index contributed by atoms with van der Waals surface area (Å²) in [6, 6.07) is 8.47. The van der Waals surface area contributed by atoms with Gasteiger partial charge in [0.15, 0.2) is 0 Å². The first-order valence-electron chi connectivity index (χ1n) is 9.03. The average molecular weight is 451 g/mol. The van der Waals surface area contributed by atoms with E-state index in [9.17, 15) is 21.6 Å². The van der Waals surface area contributed by atoms with Crippen molar-refractivity contribution in [2.75, 3.05) is 24.6 Å². The second-order valence-corrected chi connectivity index (χ2v) is 8.44. The fourth-order valence-corrected chi connectivity index (χ4v) is 4.65. The topological polar surface area (TPSA) is 81.6 Å². The van der Waals surface area contributed by atoms with Crippen LogP contribution in [0.4, 0.5) is 18.9 Å². The van der Waals surface area contributed by atoms with Gasteiger partial charge in [-0.3, -0.25) is 9.29 Å². The molecule has 0 atom stereocenters. The third-order valence-electron chi connectivity index (χ3n) is 4.65. The standard InChI is InChI=1S/C20H16F3N3O4S/c1-29-19-12-24-11-16(25-19)13-5-6-18-17(9-13)26(7-8-30-18)31(27,28)15-4-2-3-14(10-15)20(21,22)23/h2-6,9-12H,7-8H2,1H3. The summed E-state index contributed by atoms with van der Waals surface area (Å²) in [5.41, 5.74) is 0.136. The van der Waals surface area contributed by atoms with Crippen molar-refractivity contribution < 1.29 is 31.1 Å². The monoisotopic (exact) mass is 451 g/mol. The maximum atomic E-state index is 13.2. The van der Waals surface area contributed by atoms with Gasteiger partial charge >= 0.3 is 6.18 Å². The predicted molar refractivity (Wildman–Crippen MR) is 105 cm³/mol. The van der Waals surface area contributed by atoms with Gasteiger partial charge < -0.3 is 9.47 Å². The minimum Gasteiger partial charge on any atom is -0.489 e. The fraction of sp³-hybridized carbons (Fsp3) is 0.200. The lowest BCUT2D eigenvalue weighted by atomic mass is 10.1. The molecule has 11 heteroatoms. The molecule has 0 amide bonds. The second kappa shape index (κ2) is 7.73. The minimum absolute atomic E-state index is 0.0567. The van der Waals surface area contributed by atoms with Crippen molar-refractivity contribution in [2.45, 2.75) is 11.1 Å². The van der Waals surface area contributed by atoms with Gasteiger partial charge in [0.2, 0.25) is 5.88 Å². The summed E-state index contributed by atoms with van der Waals surface area (Å²) in [4.78, 5) is 7.85. The van der Waals surface area contributed by atoms with Gasteiger partial charge in [-0.15, -0.1) is 0 Å². The smallest absolute Gasteiger partial charge is 0.416 e. The molecule has 4 rings (SSSR count). The molecule has 0 unspecified atom stereocenters. The number of fused-ring (bicyclic) bond motifs is 1. The Morgan fingerprint density at radius 1 is 1.13 bits per heavy atom. The molecule has 0 N–H and O–H groups in total. The average Bonchev–Trinajstić information content (AvgIpc) is 2.77. The van der Waals surface area contributed by atoms with E-state index in [0.29, 0.717) is 23.1 Å². The second-order valence-electron chi connectivity index (χ2n) is 6.58. The maximum Gasteiger partial charge on any atom is 0.416 e. The summed E-state index contributed by atoms with van der Waals surface area (Å²) in [5.74, 6) is 0.571. The number of alkyl halides is 3. The lowest BCUT2D eigenvalue weighted by molar-refractivity contribution is -0.137. The van der Waals surface area contributed by atoms with Crippen molar-refractivity contribution in [1.82, 2.24) is 9.97 Å². The highest BCUT2D eigenvalue weighted by atomic mass is 32.2. The molecule has 0 spiro atoms. The molecule has 162 valence electrons. The molecule has 7 nitrogen and oxygen atoms in total. The highest BCUT2D eigenvalue weighted by molar-refractivity contribution is 7.92. The van der Waals surface area contributed by atoms with Crippen LogP contribution in [-0.4, -0.2) is 38.6 Å². The zero-order valence-corrected chi connectivity index (χ0v) is 16.9. The summed E-state index contributed by atoms with van der Waals surface area (Å²) < 4.78 is 77.4. The molecule has 1 aliphatic rings. The molecule has 2 heterocycles. The molecule has 0 saturated heterocycles. The van der Waals surface area contributed by atoms with Crippen LogP contribution < -0.4 is 13.8 Å². The quantitative estimate of drug-likeness (QED) is 0.601. The largest absolute Gasteiger partial charge is 0.489 e. The Kier molecular flexibility index (Phi) is 5.21. The number of halogens is 3. The Bertz CT molecular complexity index is 1230. The fourth-order valence-electron chi connectivity index (χ4n) is 3.15. The number of methoxy groups -OCH3 is 1. The van der Waals surface area contributed by atoms with Gasteiger partial charge in [0, 0.05) is 5.56 Å². The Morgan fingerprint density at radius 3 is 2.68 bits per heavy atom. The van der Waals surface area contributed by atoms with Gasteiger partial charge in [-0.2, -0.15) is 13.2 Å². The van der Waals surface area contributed by atoms with Crippen LogP contribution in [0.1, 0.15) is 5.56 Å². The number of hydrogen-bond acceptors (Lipinski definition) is 6. The van der Waals surface area contributed by atoms with Gasteiger partial charge in [0.25, 0.3) is 10.0 Å². The van der Waals surface area contributed by atoms with E-state index in [-0.39, 0.29) is 24.7 Å². The molecule has 31 heavy (non-hydrogen) atoms. The first-order valence-corrected chi connectivity index (χ1v) is 10.5. The molecule has 0 fully saturated rings. The van der Waals surface area contributed by atoms with Gasteiger partial charge in [-0.05, 0) is 36.4 Å². The first kappa shape index (κ1) is 20.9. The molecule has 3 aromatic rings. The molecular formula is C20H16F3N3O4S. The van der Waals surface area contributed by atoms with Crippen LogP contribution in [0.25, 0.3) is 11.3 Å². The number of anilines is 1. The van der Waals surface area contributed by atoms with Gasteiger partial charge in [0.05, 0.1) is 47.9 Å². The molecule has 0 radical (unpaired) electrons. The van der Waals surface area contributed by atoms with Crippen molar-refractivity contribution in [2.24, 2.45) is 0 Å². The molecule has 0 saturated carbocycles. The molecule has 0 aliphatic carbocycles. The van der Waals surface area contributed by atoms with Crippen molar-refractivity contribution >= 4 is 15.7 Å². The van der Waals surface area contributed by atoms with E-state index >= 15 is 0 Å². The summed E-state index contributed by atoms with van der Waals surface area (Å²) in [5, 5.41) is 0. The summed E-state index contributed by atoms with van der Waals surface area (Å²) in [6.07, 6.45) is -1.75. The predicted octanol–water partition coefficient (Wildman–Crippen LogP) is 3.76. The van der Waals surface area contributed by atoms with E-state index in [1.807, 2.05) is 0 Å². The Balaban J connectivity index is 1.78. The van der Waals surface area contributed by atoms with Crippen LogP contribution >= 0.6 is 0 Å². The lowest BCUT2D eigenvalue weighted by Crippen LogP contribution is -2.38. The number of benzene rings is 2. The summed E-state index contributed by atoms with van der Waals surface area (Å²) in [7, 11) is -2.84. The van der Waals surface area contributed by atoms with E-state index in [0.717, 1.165) is 22.5 Å². The van der Waals surface area contributed by atoms with Crippen LogP contribution in [-0.2, 0) is 16.2 Å². The van der Waals surface area contributed by atoms with Crippen molar-refractivity contribution in [3.63, 3.8) is 0 Å².